The summed E-state index contributed by atoms with van der Waals surface area (Å²) in [5, 5.41) is 0. The van der Waals surface area contributed by atoms with Crippen molar-refractivity contribution >= 4 is 11.8 Å². The minimum Gasteiger partial charge on any atom is -0.468 e. The Balaban J connectivity index is 2.11. The predicted molar refractivity (Wildman–Crippen MR) is 72.9 cm³/mol. The second-order valence-electron chi connectivity index (χ2n) is 5.08. The fourth-order valence-corrected chi connectivity index (χ4v) is 2.68. The topological polar surface area (TPSA) is 43.4 Å². The normalized spacial score (nSPS) is 18.1. The first kappa shape index (κ1) is 13.8. The van der Waals surface area contributed by atoms with Crippen LogP contribution in [-0.2, 0) is 20.7 Å². The first-order valence-electron chi connectivity index (χ1n) is 6.88. The van der Waals surface area contributed by atoms with Crippen LogP contribution in [0.4, 0.5) is 0 Å². The Labute approximate surface area is 114 Å². The van der Waals surface area contributed by atoms with Crippen molar-refractivity contribution < 1.29 is 14.3 Å². The molecule has 19 heavy (non-hydrogen) atoms. The van der Waals surface area contributed by atoms with Crippen LogP contribution in [0.25, 0.3) is 0 Å². The van der Waals surface area contributed by atoms with E-state index in [2.05, 4.69) is 6.92 Å². The summed E-state index contributed by atoms with van der Waals surface area (Å²) in [4.78, 5) is 24.3. The second kappa shape index (κ2) is 6.00. The standard InChI is InChI=1S/C16H20O3/c1-3-4-8-13(16(18)19-2)15(17)14-10-11-7-5-6-9-12(11)14/h5-7,9,13-14H,3-4,8,10H2,1-2H3. The molecule has 0 amide bonds. The van der Waals surface area contributed by atoms with Crippen LogP contribution in [0.2, 0.25) is 0 Å². The van der Waals surface area contributed by atoms with Crippen molar-refractivity contribution in [3.8, 4) is 0 Å². The molecule has 2 atom stereocenters. The quantitative estimate of drug-likeness (QED) is 0.583. The van der Waals surface area contributed by atoms with E-state index >= 15 is 0 Å². The van der Waals surface area contributed by atoms with Crippen molar-refractivity contribution in [2.75, 3.05) is 7.11 Å². The summed E-state index contributed by atoms with van der Waals surface area (Å²) in [6.07, 6.45) is 3.21. The van der Waals surface area contributed by atoms with Gasteiger partial charge in [0, 0.05) is 5.92 Å². The van der Waals surface area contributed by atoms with Crippen LogP contribution < -0.4 is 0 Å². The average Bonchev–Trinajstić information content (AvgIpc) is 2.40. The molecule has 1 aromatic carbocycles. The number of hydrogen-bond acceptors (Lipinski definition) is 3. The zero-order chi connectivity index (χ0) is 13.8. The molecule has 0 saturated carbocycles. The average molecular weight is 260 g/mol. The molecule has 3 nitrogen and oxygen atoms in total. The van der Waals surface area contributed by atoms with Crippen molar-refractivity contribution in [3.63, 3.8) is 0 Å². The van der Waals surface area contributed by atoms with Gasteiger partial charge in [0.2, 0.25) is 0 Å². The number of Topliss-reactive ketones (excluding diaryl/α,β-unsaturated/α-hetero) is 1. The molecule has 102 valence electrons. The minimum atomic E-state index is -0.594. The molecule has 0 aliphatic heterocycles. The van der Waals surface area contributed by atoms with E-state index in [4.69, 9.17) is 4.74 Å². The number of ketones is 1. The molecular formula is C16H20O3. The predicted octanol–water partition coefficient (Wildman–Crippen LogP) is 2.87. The van der Waals surface area contributed by atoms with Crippen LogP contribution in [0, 0.1) is 5.92 Å². The second-order valence-corrected chi connectivity index (χ2v) is 5.08. The highest BCUT2D eigenvalue weighted by Gasteiger charge is 2.38. The van der Waals surface area contributed by atoms with Crippen molar-refractivity contribution in [3.05, 3.63) is 35.4 Å². The van der Waals surface area contributed by atoms with Crippen LogP contribution >= 0.6 is 0 Å². The number of benzene rings is 1. The van der Waals surface area contributed by atoms with Gasteiger partial charge in [0.05, 0.1) is 7.11 Å². The van der Waals surface area contributed by atoms with Gasteiger partial charge in [0.15, 0.2) is 5.78 Å². The molecule has 1 aliphatic rings. The lowest BCUT2D eigenvalue weighted by Crippen LogP contribution is -2.35. The highest BCUT2D eigenvalue weighted by atomic mass is 16.5. The molecule has 0 spiro atoms. The molecule has 2 rings (SSSR count). The van der Waals surface area contributed by atoms with E-state index in [1.54, 1.807) is 0 Å². The first-order chi connectivity index (χ1) is 9.19. The van der Waals surface area contributed by atoms with E-state index in [0.717, 1.165) is 24.8 Å². The highest BCUT2D eigenvalue weighted by molar-refractivity contribution is 6.03. The molecule has 0 saturated heterocycles. The zero-order valence-electron chi connectivity index (χ0n) is 11.5. The van der Waals surface area contributed by atoms with Crippen LogP contribution in [0.3, 0.4) is 0 Å². The van der Waals surface area contributed by atoms with Gasteiger partial charge in [-0.05, 0) is 24.0 Å². The van der Waals surface area contributed by atoms with Crippen LogP contribution in [0.5, 0.6) is 0 Å². The molecule has 0 radical (unpaired) electrons. The highest BCUT2D eigenvalue weighted by Crippen LogP contribution is 2.38. The van der Waals surface area contributed by atoms with E-state index in [1.165, 1.54) is 12.7 Å². The van der Waals surface area contributed by atoms with E-state index in [1.807, 2.05) is 24.3 Å². The smallest absolute Gasteiger partial charge is 0.316 e. The Hall–Kier alpha value is -1.64. The summed E-state index contributed by atoms with van der Waals surface area (Å²) in [6.45, 7) is 2.05. The summed E-state index contributed by atoms with van der Waals surface area (Å²) >= 11 is 0. The molecule has 0 bridgehead atoms. The third-order valence-electron chi connectivity index (χ3n) is 3.87. The van der Waals surface area contributed by atoms with Crippen LogP contribution in [0.15, 0.2) is 24.3 Å². The number of rotatable bonds is 6. The van der Waals surface area contributed by atoms with Crippen molar-refractivity contribution in [1.82, 2.24) is 0 Å². The lowest BCUT2D eigenvalue weighted by Gasteiger charge is -2.31. The van der Waals surface area contributed by atoms with Crippen LogP contribution in [0.1, 0.15) is 43.2 Å². The number of carbonyl (C=O) groups excluding carboxylic acids is 2. The molecule has 1 aromatic rings. The zero-order valence-corrected chi connectivity index (χ0v) is 11.5. The number of ether oxygens (including phenoxy) is 1. The number of esters is 1. The van der Waals surface area contributed by atoms with E-state index in [9.17, 15) is 9.59 Å². The monoisotopic (exact) mass is 260 g/mol. The lowest BCUT2D eigenvalue weighted by atomic mass is 9.71. The van der Waals surface area contributed by atoms with Gasteiger partial charge in [0.25, 0.3) is 0 Å². The summed E-state index contributed by atoms with van der Waals surface area (Å²) in [6, 6.07) is 7.94. The summed E-state index contributed by atoms with van der Waals surface area (Å²) in [5.74, 6) is -1.07. The molecule has 1 aliphatic carbocycles. The van der Waals surface area contributed by atoms with E-state index < -0.39 is 5.92 Å². The summed E-state index contributed by atoms with van der Waals surface area (Å²) < 4.78 is 4.78. The Morgan fingerprint density at radius 1 is 1.37 bits per heavy atom. The minimum absolute atomic E-state index is 0.0269. The molecule has 0 fully saturated rings. The summed E-state index contributed by atoms with van der Waals surface area (Å²) in [5.41, 5.74) is 2.30. The molecule has 0 aromatic heterocycles. The lowest BCUT2D eigenvalue weighted by molar-refractivity contribution is -0.150. The van der Waals surface area contributed by atoms with Gasteiger partial charge in [-0.15, -0.1) is 0 Å². The largest absolute Gasteiger partial charge is 0.468 e. The van der Waals surface area contributed by atoms with E-state index in [0.29, 0.717) is 6.42 Å². The number of carbonyl (C=O) groups is 2. The molecule has 0 N–H and O–H groups in total. The van der Waals surface area contributed by atoms with Gasteiger partial charge in [-0.2, -0.15) is 0 Å². The Morgan fingerprint density at radius 2 is 2.11 bits per heavy atom. The van der Waals surface area contributed by atoms with Crippen molar-refractivity contribution in [1.29, 1.82) is 0 Å². The van der Waals surface area contributed by atoms with Gasteiger partial charge < -0.3 is 4.74 Å². The third-order valence-corrected chi connectivity index (χ3v) is 3.87. The maximum absolute atomic E-state index is 12.5. The number of unbranched alkanes of at least 4 members (excludes halogenated alkanes) is 1. The molecule has 0 heterocycles. The number of hydrogen-bond donors (Lipinski definition) is 0. The maximum Gasteiger partial charge on any atom is 0.316 e. The Bertz CT molecular complexity index is 479. The first-order valence-corrected chi connectivity index (χ1v) is 6.88. The van der Waals surface area contributed by atoms with Crippen molar-refractivity contribution in [2.24, 2.45) is 5.92 Å². The molecular weight excluding hydrogens is 240 g/mol. The Morgan fingerprint density at radius 3 is 2.74 bits per heavy atom. The fourth-order valence-electron chi connectivity index (χ4n) is 2.68. The molecule has 2 unspecified atom stereocenters. The molecule has 3 heteroatoms. The fraction of sp³-hybridized carbons (Fsp3) is 0.500. The number of fused-ring (bicyclic) bond motifs is 1. The van der Waals surface area contributed by atoms with Crippen LogP contribution in [-0.4, -0.2) is 18.9 Å². The van der Waals surface area contributed by atoms with Crippen molar-refractivity contribution in [2.45, 2.75) is 38.5 Å². The third kappa shape index (κ3) is 2.70. The van der Waals surface area contributed by atoms with E-state index in [-0.39, 0.29) is 17.7 Å². The van der Waals surface area contributed by atoms with Gasteiger partial charge in [-0.1, -0.05) is 44.0 Å². The maximum atomic E-state index is 12.5. The van der Waals surface area contributed by atoms with Gasteiger partial charge in [0.1, 0.15) is 5.92 Å². The Kier molecular flexibility index (Phi) is 4.35. The van der Waals surface area contributed by atoms with Gasteiger partial charge >= 0.3 is 5.97 Å². The SMILES string of the molecule is CCCCC(C(=O)OC)C(=O)C1Cc2ccccc21. The van der Waals surface area contributed by atoms with Gasteiger partial charge in [-0.3, -0.25) is 9.59 Å². The number of methoxy groups -OCH3 is 1. The van der Waals surface area contributed by atoms with Gasteiger partial charge in [-0.25, -0.2) is 0 Å². The summed E-state index contributed by atoms with van der Waals surface area (Å²) in [7, 11) is 1.35.